The Labute approximate surface area is 197 Å². The van der Waals surface area contributed by atoms with Gasteiger partial charge in [0.2, 0.25) is 10.0 Å². The second-order valence-corrected chi connectivity index (χ2v) is 11.2. The third-order valence-corrected chi connectivity index (χ3v) is 9.39. The summed E-state index contributed by atoms with van der Waals surface area (Å²) in [7, 11) is -3.64. The van der Waals surface area contributed by atoms with E-state index in [9.17, 15) is 13.2 Å². The van der Waals surface area contributed by atoms with Crippen molar-refractivity contribution in [2.24, 2.45) is 0 Å². The van der Waals surface area contributed by atoms with E-state index in [0.29, 0.717) is 31.7 Å². The van der Waals surface area contributed by atoms with Gasteiger partial charge in [0.1, 0.15) is 17.0 Å². The Morgan fingerprint density at radius 1 is 1.06 bits per heavy atom. The topological polar surface area (TPSA) is 92.7 Å². The SMILES string of the molecule is CCOC(=O)c1ccc(S(=O)(=O)N2CCN(c3ncnc4sc5c(c34)CCCC5)CC2)cc1. The molecule has 1 aliphatic carbocycles. The standard InChI is InChI=1S/C23H26N4O4S2/c1-2-31-23(28)16-7-9-17(10-8-16)33(29,30)27-13-11-26(12-14-27)21-20-18-5-3-4-6-19(18)32-22(20)25-15-24-21/h7-10,15H,2-6,11-14H2,1H3. The van der Waals surface area contributed by atoms with Crippen molar-refractivity contribution in [2.75, 3.05) is 37.7 Å². The molecule has 1 saturated heterocycles. The molecule has 1 fully saturated rings. The summed E-state index contributed by atoms with van der Waals surface area (Å²) in [5, 5.41) is 1.16. The van der Waals surface area contributed by atoms with Crippen LogP contribution in [-0.2, 0) is 27.6 Å². The van der Waals surface area contributed by atoms with Crippen LogP contribution in [0.2, 0.25) is 0 Å². The number of fused-ring (bicyclic) bond motifs is 3. The molecule has 0 saturated carbocycles. The Morgan fingerprint density at radius 2 is 1.79 bits per heavy atom. The number of nitrogens with zero attached hydrogens (tertiary/aromatic N) is 4. The summed E-state index contributed by atoms with van der Waals surface area (Å²) >= 11 is 1.77. The van der Waals surface area contributed by atoms with Crippen LogP contribution in [0.15, 0.2) is 35.5 Å². The van der Waals surface area contributed by atoms with Crippen LogP contribution in [0, 0.1) is 0 Å². The second kappa shape index (κ2) is 9.00. The lowest BCUT2D eigenvalue weighted by Gasteiger charge is -2.35. The Morgan fingerprint density at radius 3 is 2.52 bits per heavy atom. The monoisotopic (exact) mass is 486 g/mol. The fourth-order valence-corrected chi connectivity index (χ4v) is 7.23. The number of benzene rings is 1. The average Bonchev–Trinajstić information content (AvgIpc) is 3.23. The molecule has 0 amide bonds. The average molecular weight is 487 g/mol. The lowest BCUT2D eigenvalue weighted by Crippen LogP contribution is -2.49. The van der Waals surface area contributed by atoms with Crippen LogP contribution in [0.1, 0.15) is 40.6 Å². The van der Waals surface area contributed by atoms with Gasteiger partial charge in [0.05, 0.1) is 22.5 Å². The lowest BCUT2D eigenvalue weighted by atomic mass is 9.97. The summed E-state index contributed by atoms with van der Waals surface area (Å²) in [6, 6.07) is 5.94. The highest BCUT2D eigenvalue weighted by molar-refractivity contribution is 7.89. The van der Waals surface area contributed by atoms with Gasteiger partial charge in [0, 0.05) is 31.1 Å². The Bertz CT molecular complexity index is 1280. The molecule has 8 nitrogen and oxygen atoms in total. The van der Waals surface area contributed by atoms with Gasteiger partial charge in [-0.15, -0.1) is 11.3 Å². The van der Waals surface area contributed by atoms with Crippen LogP contribution >= 0.6 is 11.3 Å². The molecule has 3 heterocycles. The maximum Gasteiger partial charge on any atom is 0.338 e. The molecule has 0 bridgehead atoms. The van der Waals surface area contributed by atoms with Gasteiger partial charge < -0.3 is 9.64 Å². The molecule has 1 aliphatic heterocycles. The van der Waals surface area contributed by atoms with Crippen molar-refractivity contribution in [3.63, 3.8) is 0 Å². The van der Waals surface area contributed by atoms with Crippen molar-refractivity contribution in [1.82, 2.24) is 14.3 Å². The van der Waals surface area contributed by atoms with Crippen molar-refractivity contribution in [1.29, 1.82) is 0 Å². The minimum Gasteiger partial charge on any atom is -0.462 e. The zero-order chi connectivity index (χ0) is 23.0. The van der Waals surface area contributed by atoms with Gasteiger partial charge in [-0.25, -0.2) is 23.2 Å². The smallest absolute Gasteiger partial charge is 0.338 e. The van der Waals surface area contributed by atoms with Gasteiger partial charge >= 0.3 is 5.97 Å². The third kappa shape index (κ3) is 4.11. The minimum absolute atomic E-state index is 0.181. The van der Waals surface area contributed by atoms with Gasteiger partial charge in [-0.1, -0.05) is 0 Å². The number of piperazine rings is 1. The second-order valence-electron chi connectivity index (χ2n) is 8.22. The summed E-state index contributed by atoms with van der Waals surface area (Å²) < 4.78 is 32.8. The number of anilines is 1. The van der Waals surface area contributed by atoms with Crippen LogP contribution in [0.5, 0.6) is 0 Å². The quantitative estimate of drug-likeness (QED) is 0.511. The molecule has 2 aromatic heterocycles. The summed E-state index contributed by atoms with van der Waals surface area (Å²) in [5.74, 6) is 0.470. The highest BCUT2D eigenvalue weighted by Crippen LogP contribution is 2.39. The number of thiophene rings is 1. The van der Waals surface area contributed by atoms with Gasteiger partial charge in [0.25, 0.3) is 0 Å². The number of hydrogen-bond donors (Lipinski definition) is 0. The van der Waals surface area contributed by atoms with E-state index < -0.39 is 16.0 Å². The molecule has 0 radical (unpaired) electrons. The largest absolute Gasteiger partial charge is 0.462 e. The first kappa shape index (κ1) is 22.2. The minimum atomic E-state index is -3.64. The fraction of sp³-hybridized carbons (Fsp3) is 0.435. The van der Waals surface area contributed by atoms with Crippen molar-refractivity contribution >= 4 is 43.4 Å². The first-order valence-electron chi connectivity index (χ1n) is 11.3. The summed E-state index contributed by atoms with van der Waals surface area (Å²) in [5.41, 5.74) is 1.72. The predicted octanol–water partition coefficient (Wildman–Crippen LogP) is 3.26. The maximum absolute atomic E-state index is 13.2. The number of hydrogen-bond acceptors (Lipinski definition) is 8. The number of carbonyl (C=O) groups is 1. The molecule has 33 heavy (non-hydrogen) atoms. The van der Waals surface area contributed by atoms with Crippen molar-refractivity contribution < 1.29 is 17.9 Å². The summed E-state index contributed by atoms with van der Waals surface area (Å²) in [6.07, 6.45) is 6.20. The number of aromatic nitrogens is 2. The first-order chi connectivity index (χ1) is 16.0. The van der Waals surface area contributed by atoms with E-state index in [0.717, 1.165) is 28.9 Å². The molecule has 0 unspecified atom stereocenters. The van der Waals surface area contributed by atoms with Crippen LogP contribution in [-0.4, -0.2) is 61.4 Å². The van der Waals surface area contributed by atoms with E-state index in [1.807, 2.05) is 0 Å². The molecule has 10 heteroatoms. The number of rotatable bonds is 5. The van der Waals surface area contributed by atoms with E-state index in [-0.39, 0.29) is 11.5 Å². The van der Waals surface area contributed by atoms with Crippen LogP contribution < -0.4 is 4.90 Å². The van der Waals surface area contributed by atoms with Gasteiger partial charge in [-0.3, -0.25) is 0 Å². The Hall–Kier alpha value is -2.56. The molecule has 1 aromatic carbocycles. The molecule has 5 rings (SSSR count). The number of ether oxygens (including phenoxy) is 1. The van der Waals surface area contributed by atoms with Crippen molar-refractivity contribution in [3.05, 3.63) is 46.6 Å². The summed E-state index contributed by atoms with van der Waals surface area (Å²) in [4.78, 5) is 25.8. The highest BCUT2D eigenvalue weighted by Gasteiger charge is 2.31. The predicted molar refractivity (Wildman–Crippen MR) is 127 cm³/mol. The summed E-state index contributed by atoms with van der Waals surface area (Å²) in [6.45, 7) is 3.89. The van der Waals surface area contributed by atoms with E-state index in [1.165, 1.54) is 51.9 Å². The van der Waals surface area contributed by atoms with Gasteiger partial charge in [0.15, 0.2) is 0 Å². The molecule has 0 spiro atoms. The van der Waals surface area contributed by atoms with E-state index >= 15 is 0 Å². The zero-order valence-electron chi connectivity index (χ0n) is 18.5. The van der Waals surface area contributed by atoms with E-state index in [2.05, 4.69) is 14.9 Å². The molecular formula is C23H26N4O4S2. The molecule has 174 valence electrons. The van der Waals surface area contributed by atoms with Crippen molar-refractivity contribution in [3.8, 4) is 0 Å². The molecule has 2 aliphatic rings. The van der Waals surface area contributed by atoms with Crippen LogP contribution in [0.4, 0.5) is 5.82 Å². The molecule has 0 N–H and O–H groups in total. The highest BCUT2D eigenvalue weighted by atomic mass is 32.2. The van der Waals surface area contributed by atoms with E-state index in [4.69, 9.17) is 4.74 Å². The number of aryl methyl sites for hydroxylation is 2. The van der Waals surface area contributed by atoms with Crippen LogP contribution in [0.3, 0.4) is 0 Å². The van der Waals surface area contributed by atoms with Crippen molar-refractivity contribution in [2.45, 2.75) is 37.5 Å². The van der Waals surface area contributed by atoms with E-state index in [1.54, 1.807) is 24.6 Å². The first-order valence-corrected chi connectivity index (χ1v) is 13.5. The fourth-order valence-electron chi connectivity index (χ4n) is 4.58. The Kier molecular flexibility index (Phi) is 6.07. The number of sulfonamides is 1. The lowest BCUT2D eigenvalue weighted by molar-refractivity contribution is 0.0526. The van der Waals surface area contributed by atoms with Gasteiger partial charge in [-0.05, 0) is 62.4 Å². The van der Waals surface area contributed by atoms with Crippen LogP contribution in [0.25, 0.3) is 10.2 Å². The third-order valence-electron chi connectivity index (χ3n) is 6.27. The number of esters is 1. The normalized spacial score (nSPS) is 17.2. The zero-order valence-corrected chi connectivity index (χ0v) is 20.1. The molecular weight excluding hydrogens is 460 g/mol. The Balaban J connectivity index is 1.33. The van der Waals surface area contributed by atoms with Gasteiger partial charge in [-0.2, -0.15) is 4.31 Å². The molecule has 3 aromatic rings. The number of carbonyl (C=O) groups excluding carboxylic acids is 1. The maximum atomic E-state index is 13.2. The molecule has 0 atom stereocenters.